The van der Waals surface area contributed by atoms with E-state index in [-0.39, 0.29) is 11.9 Å². The fourth-order valence-corrected chi connectivity index (χ4v) is 2.79. The van der Waals surface area contributed by atoms with Gasteiger partial charge in [-0.25, -0.2) is 0 Å². The molecule has 1 unspecified atom stereocenters. The Hall–Kier alpha value is -2.69. The number of H-pyrrole nitrogens is 1. The highest BCUT2D eigenvalue weighted by Crippen LogP contribution is 2.20. The van der Waals surface area contributed by atoms with Crippen molar-refractivity contribution in [3.05, 3.63) is 53.6 Å². The minimum Gasteiger partial charge on any atom is -0.379 e. The summed E-state index contributed by atoms with van der Waals surface area (Å²) in [4.78, 5) is 21.6. The van der Waals surface area contributed by atoms with Crippen LogP contribution >= 0.6 is 0 Å². The van der Waals surface area contributed by atoms with Crippen molar-refractivity contribution < 1.29 is 9.53 Å². The summed E-state index contributed by atoms with van der Waals surface area (Å²) in [6.07, 6.45) is 5.09. The Bertz CT molecular complexity index is 716. The first kappa shape index (κ1) is 16.2. The van der Waals surface area contributed by atoms with Gasteiger partial charge in [0.2, 0.25) is 0 Å². The summed E-state index contributed by atoms with van der Waals surface area (Å²) >= 11 is 0. The van der Waals surface area contributed by atoms with Crippen molar-refractivity contribution >= 4 is 5.91 Å². The zero-order valence-electron chi connectivity index (χ0n) is 13.2. The molecule has 0 spiro atoms. The van der Waals surface area contributed by atoms with Crippen LogP contribution in [0.2, 0.25) is 0 Å². The summed E-state index contributed by atoms with van der Waals surface area (Å²) < 4.78 is 5.42. The fraction of sp³-hybridized carbons (Fsp3) is 0.353. The number of ether oxygens (including phenoxy) is 1. The molecule has 2 aromatic rings. The van der Waals surface area contributed by atoms with E-state index in [0.717, 1.165) is 18.7 Å². The lowest BCUT2D eigenvalue weighted by Crippen LogP contribution is -2.43. The van der Waals surface area contributed by atoms with Gasteiger partial charge in [0.05, 0.1) is 24.8 Å². The quantitative estimate of drug-likeness (QED) is 0.858. The maximum atomic E-state index is 12.3. The van der Waals surface area contributed by atoms with Gasteiger partial charge < -0.3 is 15.0 Å². The first-order valence-electron chi connectivity index (χ1n) is 7.86. The van der Waals surface area contributed by atoms with E-state index in [1.54, 1.807) is 12.3 Å². The van der Waals surface area contributed by atoms with Gasteiger partial charge in [-0.1, -0.05) is 6.07 Å². The number of carbonyl (C=O) groups excluding carboxylic acids is 1. The van der Waals surface area contributed by atoms with Crippen molar-refractivity contribution in [2.45, 2.75) is 6.04 Å². The summed E-state index contributed by atoms with van der Waals surface area (Å²) in [5, 5.41) is 11.8. The van der Waals surface area contributed by atoms with Crippen LogP contribution in [0.3, 0.4) is 0 Å². The van der Waals surface area contributed by atoms with E-state index >= 15 is 0 Å². The zero-order valence-corrected chi connectivity index (χ0v) is 13.2. The number of hydrogen-bond donors (Lipinski definition) is 2. The normalized spacial score (nSPS) is 16.3. The highest BCUT2D eigenvalue weighted by molar-refractivity contribution is 5.92. The number of hydrogen-bond acceptors (Lipinski definition) is 5. The smallest absolute Gasteiger partial charge is 0.267 e. The van der Waals surface area contributed by atoms with Crippen molar-refractivity contribution in [2.75, 3.05) is 32.8 Å². The predicted octanol–water partition coefficient (Wildman–Crippen LogP) is 1.08. The lowest BCUT2D eigenvalue weighted by atomic mass is 10.1. The Morgan fingerprint density at radius 2 is 2.33 bits per heavy atom. The third kappa shape index (κ3) is 3.79. The van der Waals surface area contributed by atoms with Crippen LogP contribution in [0.1, 0.15) is 27.7 Å². The Kier molecular flexibility index (Phi) is 5.21. The number of carbonyl (C=O) groups is 1. The lowest BCUT2D eigenvalue weighted by molar-refractivity contribution is 0.0161. The van der Waals surface area contributed by atoms with Crippen LogP contribution in [-0.2, 0) is 4.74 Å². The molecule has 7 heteroatoms. The summed E-state index contributed by atoms with van der Waals surface area (Å²) in [5.41, 5.74) is 1.89. The van der Waals surface area contributed by atoms with Crippen molar-refractivity contribution in [1.82, 2.24) is 20.2 Å². The molecule has 24 heavy (non-hydrogen) atoms. The Labute approximate surface area is 140 Å². The second-order valence-corrected chi connectivity index (χ2v) is 5.57. The summed E-state index contributed by atoms with van der Waals surface area (Å²) in [6.45, 7) is 3.47. The van der Waals surface area contributed by atoms with Crippen LogP contribution in [-0.4, -0.2) is 53.6 Å². The van der Waals surface area contributed by atoms with Gasteiger partial charge in [-0.15, -0.1) is 0 Å². The minimum atomic E-state index is -0.223. The van der Waals surface area contributed by atoms with Crippen molar-refractivity contribution in [1.29, 1.82) is 5.26 Å². The van der Waals surface area contributed by atoms with Gasteiger partial charge in [0, 0.05) is 38.2 Å². The van der Waals surface area contributed by atoms with Crippen molar-refractivity contribution in [2.24, 2.45) is 0 Å². The van der Waals surface area contributed by atoms with Crippen LogP contribution in [0.5, 0.6) is 0 Å². The topological polar surface area (TPSA) is 94.0 Å². The van der Waals surface area contributed by atoms with E-state index in [1.807, 2.05) is 24.4 Å². The van der Waals surface area contributed by atoms with Crippen LogP contribution < -0.4 is 5.32 Å². The molecule has 1 aliphatic rings. The molecule has 7 nitrogen and oxygen atoms in total. The van der Waals surface area contributed by atoms with Gasteiger partial charge in [0.1, 0.15) is 11.8 Å². The molecular formula is C17H19N5O2. The molecule has 0 bridgehead atoms. The molecule has 0 saturated carbocycles. The maximum absolute atomic E-state index is 12.3. The summed E-state index contributed by atoms with van der Waals surface area (Å²) in [5.74, 6) is -0.223. The Morgan fingerprint density at radius 1 is 1.50 bits per heavy atom. The van der Waals surface area contributed by atoms with Gasteiger partial charge in [-0.2, -0.15) is 5.26 Å². The number of aromatic nitrogens is 2. The van der Waals surface area contributed by atoms with Gasteiger partial charge >= 0.3 is 0 Å². The molecule has 3 rings (SSSR count). The molecule has 1 fully saturated rings. The van der Waals surface area contributed by atoms with E-state index in [1.165, 1.54) is 6.20 Å². The number of rotatable bonds is 5. The van der Waals surface area contributed by atoms with Gasteiger partial charge in [-0.3, -0.25) is 14.7 Å². The second-order valence-electron chi connectivity index (χ2n) is 5.57. The molecule has 1 saturated heterocycles. The number of nitriles is 1. The number of morpholine rings is 1. The number of nitrogens with one attached hydrogen (secondary N) is 2. The SMILES string of the molecule is N#Cc1c[nH]c(C(=O)NCC(c2cccnc2)N2CCOCC2)c1. The summed E-state index contributed by atoms with van der Waals surface area (Å²) in [7, 11) is 0. The first-order chi connectivity index (χ1) is 11.8. The van der Waals surface area contributed by atoms with E-state index < -0.39 is 0 Å². The average molecular weight is 325 g/mol. The van der Waals surface area contributed by atoms with Crippen molar-refractivity contribution in [3.63, 3.8) is 0 Å². The van der Waals surface area contributed by atoms with Crippen LogP contribution in [0.4, 0.5) is 0 Å². The molecule has 1 amide bonds. The summed E-state index contributed by atoms with van der Waals surface area (Å²) in [6, 6.07) is 7.50. The molecule has 1 aliphatic heterocycles. The van der Waals surface area contributed by atoms with Crippen LogP contribution in [0.25, 0.3) is 0 Å². The van der Waals surface area contributed by atoms with Crippen LogP contribution in [0.15, 0.2) is 36.8 Å². The molecule has 3 heterocycles. The van der Waals surface area contributed by atoms with E-state index in [9.17, 15) is 4.79 Å². The molecule has 0 aliphatic carbocycles. The Morgan fingerprint density at radius 3 is 3.00 bits per heavy atom. The van der Waals surface area contributed by atoms with Gasteiger partial charge in [0.15, 0.2) is 0 Å². The first-order valence-corrected chi connectivity index (χ1v) is 7.86. The van der Waals surface area contributed by atoms with E-state index in [2.05, 4.69) is 20.2 Å². The third-order valence-electron chi connectivity index (χ3n) is 4.07. The highest BCUT2D eigenvalue weighted by Gasteiger charge is 2.23. The largest absolute Gasteiger partial charge is 0.379 e. The standard InChI is InChI=1S/C17H19N5O2/c18-9-13-8-15(20-10-13)17(23)21-12-16(14-2-1-3-19-11-14)22-4-6-24-7-5-22/h1-3,8,10-11,16,20H,4-7,12H2,(H,21,23). The third-order valence-corrected chi connectivity index (χ3v) is 4.07. The number of pyridine rings is 1. The zero-order chi connectivity index (χ0) is 16.8. The second kappa shape index (κ2) is 7.73. The molecule has 2 N–H and O–H groups in total. The fourth-order valence-electron chi connectivity index (χ4n) is 2.79. The van der Waals surface area contributed by atoms with Crippen molar-refractivity contribution in [3.8, 4) is 6.07 Å². The monoisotopic (exact) mass is 325 g/mol. The molecule has 1 atom stereocenters. The molecule has 0 aromatic carbocycles. The Balaban J connectivity index is 1.69. The van der Waals surface area contributed by atoms with E-state index in [4.69, 9.17) is 10.00 Å². The molecular weight excluding hydrogens is 306 g/mol. The molecule has 0 radical (unpaired) electrons. The number of nitrogens with zero attached hydrogens (tertiary/aromatic N) is 3. The minimum absolute atomic E-state index is 0.0388. The average Bonchev–Trinajstić information content (AvgIpc) is 3.13. The van der Waals surface area contributed by atoms with Gasteiger partial charge in [0.25, 0.3) is 5.91 Å². The predicted molar refractivity (Wildman–Crippen MR) is 87.2 cm³/mol. The number of amides is 1. The van der Waals surface area contributed by atoms with Crippen LogP contribution in [0, 0.1) is 11.3 Å². The lowest BCUT2D eigenvalue weighted by Gasteiger charge is -2.34. The van der Waals surface area contributed by atoms with E-state index in [0.29, 0.717) is 31.0 Å². The number of aromatic amines is 1. The molecule has 124 valence electrons. The molecule has 2 aromatic heterocycles. The highest BCUT2D eigenvalue weighted by atomic mass is 16.5. The van der Waals surface area contributed by atoms with Gasteiger partial charge in [-0.05, 0) is 17.7 Å². The maximum Gasteiger partial charge on any atom is 0.267 e.